The van der Waals surface area contributed by atoms with E-state index < -0.39 is 21.6 Å². The van der Waals surface area contributed by atoms with Gasteiger partial charge in [-0.15, -0.1) is 0 Å². The van der Waals surface area contributed by atoms with Crippen LogP contribution in [0.5, 0.6) is 0 Å². The average molecular weight is 327 g/mol. The van der Waals surface area contributed by atoms with Gasteiger partial charge in [0.05, 0.1) is 22.1 Å². The van der Waals surface area contributed by atoms with Gasteiger partial charge in [-0.25, -0.2) is 17.9 Å². The third-order valence-corrected chi connectivity index (χ3v) is 5.65. The zero-order valence-corrected chi connectivity index (χ0v) is 14.0. The van der Waals surface area contributed by atoms with E-state index in [1.54, 1.807) is 13.8 Å². The lowest BCUT2D eigenvalue weighted by Gasteiger charge is -2.26. The second kappa shape index (κ2) is 5.64. The number of ether oxygens (including phenoxy) is 1. The van der Waals surface area contributed by atoms with E-state index in [0.29, 0.717) is 24.2 Å². The summed E-state index contributed by atoms with van der Waals surface area (Å²) in [5.41, 5.74) is 0.614. The fourth-order valence-electron chi connectivity index (χ4n) is 2.55. The molecule has 0 bridgehead atoms. The van der Waals surface area contributed by atoms with Crippen molar-refractivity contribution >= 4 is 16.0 Å². The predicted octanol–water partition coefficient (Wildman–Crippen LogP) is 1.85. The third kappa shape index (κ3) is 3.16. The first-order valence-corrected chi connectivity index (χ1v) is 8.54. The molecule has 1 fully saturated rings. The SMILES string of the molecule is Cc1cc(S(=O)(=O)NC2CCOC2(C)C)cc(C(=O)O)c1C. The number of nitrogens with one attached hydrogen (secondary N) is 1. The van der Waals surface area contributed by atoms with E-state index in [0.717, 1.165) is 0 Å². The highest BCUT2D eigenvalue weighted by atomic mass is 32.2. The molecule has 1 aromatic carbocycles. The fraction of sp³-hybridized carbons (Fsp3) is 0.533. The average Bonchev–Trinajstić information content (AvgIpc) is 2.70. The number of benzene rings is 1. The number of carboxylic acids is 1. The van der Waals surface area contributed by atoms with Gasteiger partial charge in [-0.1, -0.05) is 0 Å². The summed E-state index contributed by atoms with van der Waals surface area (Å²) < 4.78 is 33.3. The largest absolute Gasteiger partial charge is 0.478 e. The second-order valence-electron chi connectivity index (χ2n) is 6.13. The monoisotopic (exact) mass is 327 g/mol. The molecule has 1 atom stereocenters. The van der Waals surface area contributed by atoms with Crippen molar-refractivity contribution in [1.82, 2.24) is 4.72 Å². The fourth-order valence-corrected chi connectivity index (χ4v) is 4.06. The Morgan fingerprint density at radius 3 is 2.50 bits per heavy atom. The normalized spacial score (nSPS) is 21.0. The molecule has 22 heavy (non-hydrogen) atoms. The Labute approximate surface area is 130 Å². The minimum atomic E-state index is -3.80. The number of rotatable bonds is 4. The van der Waals surface area contributed by atoms with E-state index in [9.17, 15) is 18.3 Å². The van der Waals surface area contributed by atoms with Crippen molar-refractivity contribution in [1.29, 1.82) is 0 Å². The van der Waals surface area contributed by atoms with Gasteiger partial charge in [0.15, 0.2) is 0 Å². The van der Waals surface area contributed by atoms with Gasteiger partial charge in [0, 0.05) is 6.61 Å². The summed E-state index contributed by atoms with van der Waals surface area (Å²) in [4.78, 5) is 11.2. The lowest BCUT2D eigenvalue weighted by Crippen LogP contribution is -2.46. The standard InChI is InChI=1S/C15H21NO5S/c1-9-7-11(8-12(10(9)2)14(17)18)22(19,20)16-13-5-6-21-15(13,3)4/h7-8,13,16H,5-6H2,1-4H3,(H,17,18). The lowest BCUT2D eigenvalue weighted by atomic mass is 10.0. The Kier molecular flexibility index (Phi) is 4.34. The molecule has 2 rings (SSSR count). The summed E-state index contributed by atoms with van der Waals surface area (Å²) >= 11 is 0. The molecule has 0 aromatic heterocycles. The zero-order valence-electron chi connectivity index (χ0n) is 13.1. The molecule has 2 N–H and O–H groups in total. The van der Waals surface area contributed by atoms with Gasteiger partial charge in [-0.05, 0) is 57.4 Å². The molecule has 1 aromatic rings. The van der Waals surface area contributed by atoms with Crippen LogP contribution in [0, 0.1) is 13.8 Å². The smallest absolute Gasteiger partial charge is 0.336 e. The zero-order chi connectivity index (χ0) is 16.7. The Morgan fingerprint density at radius 1 is 1.36 bits per heavy atom. The number of hydrogen-bond acceptors (Lipinski definition) is 4. The molecule has 0 saturated carbocycles. The first kappa shape index (κ1) is 16.9. The summed E-state index contributed by atoms with van der Waals surface area (Å²) in [5, 5.41) is 9.21. The first-order valence-electron chi connectivity index (χ1n) is 7.05. The van der Waals surface area contributed by atoms with Crippen LogP contribution in [-0.2, 0) is 14.8 Å². The molecule has 1 unspecified atom stereocenters. The van der Waals surface area contributed by atoms with E-state index >= 15 is 0 Å². The van der Waals surface area contributed by atoms with Crippen LogP contribution in [0.2, 0.25) is 0 Å². The van der Waals surface area contributed by atoms with Crippen molar-refractivity contribution in [3.8, 4) is 0 Å². The van der Waals surface area contributed by atoms with Crippen LogP contribution >= 0.6 is 0 Å². The van der Waals surface area contributed by atoms with Gasteiger partial charge in [0.2, 0.25) is 10.0 Å². The van der Waals surface area contributed by atoms with Gasteiger partial charge in [0.25, 0.3) is 0 Å². The molecule has 7 heteroatoms. The molecule has 1 heterocycles. The maximum absolute atomic E-state index is 12.6. The van der Waals surface area contributed by atoms with Gasteiger partial charge in [-0.2, -0.15) is 0 Å². The van der Waals surface area contributed by atoms with E-state index in [1.165, 1.54) is 12.1 Å². The maximum atomic E-state index is 12.6. The van der Waals surface area contributed by atoms with Crippen molar-refractivity contribution in [2.45, 2.75) is 50.7 Å². The van der Waals surface area contributed by atoms with Crippen LogP contribution in [0.25, 0.3) is 0 Å². The number of carbonyl (C=O) groups is 1. The molecular formula is C15H21NO5S. The first-order chi connectivity index (χ1) is 10.0. The predicted molar refractivity (Wildman–Crippen MR) is 81.6 cm³/mol. The topological polar surface area (TPSA) is 92.7 Å². The van der Waals surface area contributed by atoms with Crippen molar-refractivity contribution in [3.63, 3.8) is 0 Å². The van der Waals surface area contributed by atoms with Crippen molar-refractivity contribution in [3.05, 3.63) is 28.8 Å². The Morgan fingerprint density at radius 2 is 2.00 bits per heavy atom. The van der Waals surface area contributed by atoms with Crippen LogP contribution in [-0.4, -0.2) is 37.7 Å². The molecule has 1 saturated heterocycles. The molecule has 122 valence electrons. The number of sulfonamides is 1. The highest BCUT2D eigenvalue weighted by Crippen LogP contribution is 2.27. The van der Waals surface area contributed by atoms with Crippen LogP contribution < -0.4 is 4.72 Å². The highest BCUT2D eigenvalue weighted by molar-refractivity contribution is 7.89. The van der Waals surface area contributed by atoms with Gasteiger partial charge < -0.3 is 9.84 Å². The van der Waals surface area contributed by atoms with Crippen LogP contribution in [0.3, 0.4) is 0 Å². The summed E-state index contributed by atoms with van der Waals surface area (Å²) in [6, 6.07) is 2.36. The van der Waals surface area contributed by atoms with Crippen molar-refractivity contribution < 1.29 is 23.1 Å². The third-order valence-electron chi connectivity index (χ3n) is 4.20. The van der Waals surface area contributed by atoms with Crippen LogP contribution in [0.4, 0.5) is 0 Å². The Hall–Kier alpha value is -1.44. The van der Waals surface area contributed by atoms with Gasteiger partial charge in [-0.3, -0.25) is 0 Å². The van der Waals surface area contributed by atoms with Crippen LogP contribution in [0.1, 0.15) is 41.8 Å². The summed E-state index contributed by atoms with van der Waals surface area (Å²) in [6.07, 6.45) is 0.586. The van der Waals surface area contributed by atoms with E-state index in [2.05, 4.69) is 4.72 Å². The van der Waals surface area contributed by atoms with E-state index in [4.69, 9.17) is 4.74 Å². The van der Waals surface area contributed by atoms with Crippen molar-refractivity contribution in [2.75, 3.05) is 6.61 Å². The molecule has 0 spiro atoms. The van der Waals surface area contributed by atoms with E-state index in [-0.39, 0.29) is 16.5 Å². The van der Waals surface area contributed by atoms with Gasteiger partial charge >= 0.3 is 5.97 Å². The molecule has 0 aliphatic carbocycles. The molecule has 6 nitrogen and oxygen atoms in total. The summed E-state index contributed by atoms with van der Waals surface area (Å²) in [5.74, 6) is -1.14. The minimum absolute atomic E-state index is 0.00214. The Bertz CT molecular complexity index is 709. The molecule has 0 radical (unpaired) electrons. The Balaban J connectivity index is 2.40. The highest BCUT2D eigenvalue weighted by Gasteiger charge is 2.38. The lowest BCUT2D eigenvalue weighted by molar-refractivity contribution is 0.0255. The molecule has 0 amide bonds. The number of carboxylic acid groups (broad SMARTS) is 1. The summed E-state index contributed by atoms with van der Waals surface area (Å²) in [6.45, 7) is 7.51. The summed E-state index contributed by atoms with van der Waals surface area (Å²) in [7, 11) is -3.80. The number of hydrogen-bond donors (Lipinski definition) is 2. The number of aromatic carboxylic acids is 1. The quantitative estimate of drug-likeness (QED) is 0.880. The maximum Gasteiger partial charge on any atom is 0.336 e. The second-order valence-corrected chi connectivity index (χ2v) is 7.85. The molecule has 1 aliphatic rings. The minimum Gasteiger partial charge on any atom is -0.478 e. The number of aryl methyl sites for hydroxylation is 1. The molecular weight excluding hydrogens is 306 g/mol. The van der Waals surface area contributed by atoms with Crippen molar-refractivity contribution in [2.24, 2.45) is 0 Å². The van der Waals surface area contributed by atoms with Gasteiger partial charge in [0.1, 0.15) is 0 Å². The van der Waals surface area contributed by atoms with Crippen LogP contribution in [0.15, 0.2) is 17.0 Å². The van der Waals surface area contributed by atoms with E-state index in [1.807, 2.05) is 13.8 Å². The molecule has 1 aliphatic heterocycles.